The SMILES string of the molecule is CC.Nc1ncnc2c1c(C#Cc1cccc(C(=O)NC3CC3)c1)cn2CCOC1CCCCO1. The molecule has 3 N–H and O–H groups in total. The van der Waals surface area contributed by atoms with Gasteiger partial charge in [0.1, 0.15) is 17.8 Å². The van der Waals surface area contributed by atoms with Gasteiger partial charge in [-0.3, -0.25) is 4.79 Å². The first kappa shape index (κ1) is 24.7. The molecule has 8 nitrogen and oxygen atoms in total. The molecule has 2 fully saturated rings. The van der Waals surface area contributed by atoms with E-state index in [1.807, 2.05) is 42.8 Å². The van der Waals surface area contributed by atoms with Gasteiger partial charge in [0, 0.05) is 36.5 Å². The topological polar surface area (TPSA) is 104 Å². The minimum Gasteiger partial charge on any atom is -0.383 e. The van der Waals surface area contributed by atoms with Gasteiger partial charge in [0.25, 0.3) is 5.91 Å². The number of carbonyl (C=O) groups is 1. The number of benzene rings is 1. The molecule has 3 heterocycles. The number of nitrogen functional groups attached to an aromatic ring is 1. The summed E-state index contributed by atoms with van der Waals surface area (Å²) >= 11 is 0. The van der Waals surface area contributed by atoms with Crippen molar-refractivity contribution in [2.75, 3.05) is 18.9 Å². The van der Waals surface area contributed by atoms with Crippen molar-refractivity contribution < 1.29 is 14.3 Å². The lowest BCUT2D eigenvalue weighted by atomic mass is 10.1. The average Bonchev–Trinajstić information content (AvgIpc) is 3.64. The Morgan fingerprint density at radius 3 is 2.86 bits per heavy atom. The molecule has 0 spiro atoms. The summed E-state index contributed by atoms with van der Waals surface area (Å²) in [4.78, 5) is 20.9. The van der Waals surface area contributed by atoms with Crippen molar-refractivity contribution in [3.05, 3.63) is 53.5 Å². The van der Waals surface area contributed by atoms with Crippen LogP contribution in [0.1, 0.15) is 67.4 Å². The van der Waals surface area contributed by atoms with E-state index >= 15 is 0 Å². The fraction of sp³-hybridized carbons (Fsp3) is 0.444. The molecule has 1 amide bonds. The molecule has 5 rings (SSSR count). The van der Waals surface area contributed by atoms with E-state index in [0.717, 1.165) is 60.9 Å². The summed E-state index contributed by atoms with van der Waals surface area (Å²) < 4.78 is 13.5. The number of rotatable bonds is 6. The van der Waals surface area contributed by atoms with Crippen molar-refractivity contribution in [3.63, 3.8) is 0 Å². The lowest BCUT2D eigenvalue weighted by molar-refractivity contribution is -0.163. The third-order valence-corrected chi connectivity index (χ3v) is 5.84. The van der Waals surface area contributed by atoms with Gasteiger partial charge in [-0.2, -0.15) is 0 Å². The maximum absolute atomic E-state index is 12.3. The molecular formula is C27H33N5O3. The fourth-order valence-electron chi connectivity index (χ4n) is 3.91. The number of nitrogens with two attached hydrogens (primary N) is 1. The summed E-state index contributed by atoms with van der Waals surface area (Å²) in [5.41, 5.74) is 8.99. The predicted molar refractivity (Wildman–Crippen MR) is 136 cm³/mol. The van der Waals surface area contributed by atoms with Crippen molar-refractivity contribution in [2.45, 2.75) is 64.8 Å². The Bertz CT molecular complexity index is 1220. The number of ether oxygens (including phenoxy) is 2. The van der Waals surface area contributed by atoms with Gasteiger partial charge in [-0.1, -0.05) is 31.8 Å². The molecule has 1 aromatic carbocycles. The molecule has 1 unspecified atom stereocenters. The van der Waals surface area contributed by atoms with Crippen molar-refractivity contribution in [2.24, 2.45) is 0 Å². The Hall–Kier alpha value is -3.41. The lowest BCUT2D eigenvalue weighted by Gasteiger charge is -2.22. The van der Waals surface area contributed by atoms with E-state index in [0.29, 0.717) is 30.6 Å². The number of carbonyl (C=O) groups excluding carboxylic acids is 1. The van der Waals surface area contributed by atoms with Gasteiger partial charge >= 0.3 is 0 Å². The number of fused-ring (bicyclic) bond motifs is 1. The second-order valence-corrected chi connectivity index (χ2v) is 8.44. The highest BCUT2D eigenvalue weighted by Crippen LogP contribution is 2.24. The van der Waals surface area contributed by atoms with Crippen molar-refractivity contribution in [3.8, 4) is 11.8 Å². The molecule has 0 radical (unpaired) electrons. The summed E-state index contributed by atoms with van der Waals surface area (Å²) in [5, 5.41) is 3.73. The van der Waals surface area contributed by atoms with E-state index in [1.54, 1.807) is 6.07 Å². The van der Waals surface area contributed by atoms with Gasteiger partial charge in [-0.05, 0) is 50.3 Å². The van der Waals surface area contributed by atoms with Crippen LogP contribution in [0.15, 0.2) is 36.8 Å². The van der Waals surface area contributed by atoms with E-state index in [2.05, 4.69) is 27.1 Å². The third kappa shape index (κ3) is 6.38. The Morgan fingerprint density at radius 2 is 2.09 bits per heavy atom. The van der Waals surface area contributed by atoms with Gasteiger partial charge in [0.05, 0.1) is 17.6 Å². The van der Waals surface area contributed by atoms with Gasteiger partial charge < -0.3 is 25.1 Å². The second kappa shape index (κ2) is 11.8. The molecule has 0 bridgehead atoms. The Balaban J connectivity index is 0.00000141. The van der Waals surface area contributed by atoms with Gasteiger partial charge in [-0.15, -0.1) is 0 Å². The predicted octanol–water partition coefficient (Wildman–Crippen LogP) is 3.87. The zero-order valence-electron chi connectivity index (χ0n) is 20.4. The molecule has 1 aliphatic carbocycles. The van der Waals surface area contributed by atoms with Crippen LogP contribution in [0, 0.1) is 11.8 Å². The van der Waals surface area contributed by atoms with Crippen LogP contribution in [0.4, 0.5) is 5.82 Å². The summed E-state index contributed by atoms with van der Waals surface area (Å²) in [6.07, 6.45) is 8.50. The van der Waals surface area contributed by atoms with Crippen LogP contribution in [0.2, 0.25) is 0 Å². The van der Waals surface area contributed by atoms with Crippen molar-refractivity contribution in [1.29, 1.82) is 0 Å². The van der Waals surface area contributed by atoms with Crippen LogP contribution in [-0.2, 0) is 16.0 Å². The zero-order valence-corrected chi connectivity index (χ0v) is 20.4. The minimum atomic E-state index is -0.135. The highest BCUT2D eigenvalue weighted by molar-refractivity contribution is 5.95. The van der Waals surface area contributed by atoms with Crippen LogP contribution >= 0.6 is 0 Å². The summed E-state index contributed by atoms with van der Waals surface area (Å²) in [6.45, 7) is 5.86. The van der Waals surface area contributed by atoms with E-state index in [9.17, 15) is 4.79 Å². The number of hydrogen-bond donors (Lipinski definition) is 2. The van der Waals surface area contributed by atoms with E-state index < -0.39 is 0 Å². The van der Waals surface area contributed by atoms with E-state index in [4.69, 9.17) is 15.2 Å². The number of nitrogens with one attached hydrogen (secondary N) is 1. The Morgan fingerprint density at radius 1 is 1.23 bits per heavy atom. The largest absolute Gasteiger partial charge is 0.383 e. The minimum absolute atomic E-state index is 0.0580. The average molecular weight is 476 g/mol. The maximum atomic E-state index is 12.3. The molecule has 1 saturated carbocycles. The van der Waals surface area contributed by atoms with E-state index in [1.165, 1.54) is 6.33 Å². The number of amides is 1. The third-order valence-electron chi connectivity index (χ3n) is 5.84. The molecule has 1 aliphatic heterocycles. The monoisotopic (exact) mass is 475 g/mol. The van der Waals surface area contributed by atoms with Crippen LogP contribution in [0.5, 0.6) is 0 Å². The maximum Gasteiger partial charge on any atom is 0.251 e. The van der Waals surface area contributed by atoms with Crippen molar-refractivity contribution in [1.82, 2.24) is 19.9 Å². The lowest BCUT2D eigenvalue weighted by Crippen LogP contribution is -2.25. The van der Waals surface area contributed by atoms with Gasteiger partial charge in [0.15, 0.2) is 6.29 Å². The number of anilines is 1. The summed E-state index contributed by atoms with van der Waals surface area (Å²) in [7, 11) is 0. The van der Waals surface area contributed by atoms with Crippen molar-refractivity contribution >= 4 is 22.8 Å². The Kier molecular flexibility index (Phi) is 8.35. The summed E-state index contributed by atoms with van der Waals surface area (Å²) in [6, 6.07) is 7.66. The first-order valence-corrected chi connectivity index (χ1v) is 12.4. The zero-order chi connectivity index (χ0) is 24.6. The van der Waals surface area contributed by atoms with Crippen LogP contribution in [0.3, 0.4) is 0 Å². The molecule has 1 atom stereocenters. The quantitative estimate of drug-likeness (QED) is 0.525. The number of nitrogens with zero attached hydrogens (tertiary/aromatic N) is 3. The second-order valence-electron chi connectivity index (χ2n) is 8.44. The number of aromatic nitrogens is 3. The number of hydrogen-bond acceptors (Lipinski definition) is 6. The summed E-state index contributed by atoms with van der Waals surface area (Å²) in [5.74, 6) is 6.68. The smallest absolute Gasteiger partial charge is 0.251 e. The molecular weight excluding hydrogens is 442 g/mol. The molecule has 1 saturated heterocycles. The molecule has 3 aromatic rings. The highest BCUT2D eigenvalue weighted by atomic mass is 16.7. The van der Waals surface area contributed by atoms with Crippen LogP contribution in [0.25, 0.3) is 11.0 Å². The molecule has 35 heavy (non-hydrogen) atoms. The van der Waals surface area contributed by atoms with E-state index in [-0.39, 0.29) is 12.2 Å². The van der Waals surface area contributed by atoms with Gasteiger partial charge in [0.2, 0.25) is 0 Å². The highest BCUT2D eigenvalue weighted by Gasteiger charge is 2.23. The van der Waals surface area contributed by atoms with Gasteiger partial charge in [-0.25, -0.2) is 9.97 Å². The van der Waals surface area contributed by atoms with Crippen LogP contribution < -0.4 is 11.1 Å². The molecule has 2 aliphatic rings. The van der Waals surface area contributed by atoms with Crippen LogP contribution in [-0.4, -0.2) is 46.0 Å². The molecule has 184 valence electrons. The first-order chi connectivity index (χ1) is 17.2. The first-order valence-electron chi connectivity index (χ1n) is 12.4. The Labute approximate surface area is 206 Å². The normalized spacial score (nSPS) is 17.1. The molecule has 2 aromatic heterocycles. The fourth-order valence-corrected chi connectivity index (χ4v) is 3.91. The molecule has 8 heteroatoms. The standard InChI is InChI=1S/C25H27N5O3.C2H6/c26-23-22-19(8-7-17-4-3-5-18(14-17)25(31)29-20-9-10-20)15-30(24(22)28-16-27-23)11-13-33-21-6-1-2-12-32-21;1-2/h3-5,14-16,20-21H,1-2,6,9-13H2,(H,29,31)(H2,26,27,28);1-2H3.